The predicted octanol–water partition coefficient (Wildman–Crippen LogP) is 7.17. The highest BCUT2D eigenvalue weighted by Crippen LogP contribution is 2.46. The highest BCUT2D eigenvalue weighted by molar-refractivity contribution is 5.92. The monoisotopic (exact) mass is 478 g/mol. The van der Waals surface area contributed by atoms with Crippen molar-refractivity contribution in [3.63, 3.8) is 0 Å². The maximum atomic E-state index is 13.4. The van der Waals surface area contributed by atoms with E-state index in [-0.39, 0.29) is 5.56 Å². The molecule has 0 unspecified atom stereocenters. The number of esters is 1. The Morgan fingerprint density at radius 1 is 1.00 bits per heavy atom. The van der Waals surface area contributed by atoms with Crippen LogP contribution in [0.4, 0.5) is 30.7 Å². The van der Waals surface area contributed by atoms with Crippen LogP contribution in [0.5, 0.6) is 5.75 Å². The highest BCUT2D eigenvalue weighted by Gasteiger charge is 2.73. The molecule has 0 fully saturated rings. The van der Waals surface area contributed by atoms with E-state index in [1.807, 2.05) is 6.92 Å². The highest BCUT2D eigenvalue weighted by atomic mass is 19.4. The van der Waals surface area contributed by atoms with E-state index < -0.39 is 30.6 Å². The Morgan fingerprint density at radius 3 is 2.18 bits per heavy atom. The molecule has 2 aromatic carbocycles. The molecule has 0 aliphatic heterocycles. The molecule has 0 aromatic heterocycles. The van der Waals surface area contributed by atoms with Crippen LogP contribution in [0.1, 0.15) is 35.7 Å². The smallest absolute Gasteiger partial charge is 0.460 e. The van der Waals surface area contributed by atoms with Crippen LogP contribution in [0.2, 0.25) is 0 Å². The molecular weight excluding hydrogens is 457 g/mol. The zero-order valence-electron chi connectivity index (χ0n) is 17.5. The van der Waals surface area contributed by atoms with Crippen LogP contribution >= 0.6 is 0 Å². The van der Waals surface area contributed by atoms with Crippen molar-refractivity contribution in [2.24, 2.45) is 0 Å². The molecule has 0 spiro atoms. The van der Waals surface area contributed by atoms with Crippen LogP contribution in [-0.2, 0) is 4.74 Å². The molecular formula is C23H21F7O3. The van der Waals surface area contributed by atoms with Gasteiger partial charge in [-0.3, -0.25) is 0 Å². The molecule has 180 valence electrons. The average Bonchev–Trinajstić information content (AvgIpc) is 2.77. The van der Waals surface area contributed by atoms with Gasteiger partial charge < -0.3 is 9.47 Å². The predicted molar refractivity (Wildman–Crippen MR) is 109 cm³/mol. The van der Waals surface area contributed by atoms with E-state index in [0.29, 0.717) is 29.0 Å². The summed E-state index contributed by atoms with van der Waals surface area (Å²) >= 11 is 0. The minimum Gasteiger partial charge on any atom is -0.494 e. The SMILES string of the molecule is C=Cc1cc(C(=O)OCC(F)(F)C(F)(F)C(F)(F)F)ccc1-c1ccc(OCCCC)cc1. The standard InChI is InChI=1S/C23H21F7O3/c1-3-5-12-32-18-9-6-16(7-10-18)19-11-8-17(13-15(19)4-2)20(31)33-14-21(24,25)22(26,27)23(28,29)30/h4,6-11,13H,2-3,5,12,14H2,1H3. The molecule has 0 aliphatic rings. The molecule has 2 aromatic rings. The zero-order valence-corrected chi connectivity index (χ0v) is 17.5. The molecule has 0 radical (unpaired) electrons. The van der Waals surface area contributed by atoms with E-state index in [9.17, 15) is 35.5 Å². The number of hydrogen-bond donors (Lipinski definition) is 0. The first-order valence-electron chi connectivity index (χ1n) is 9.83. The van der Waals surface area contributed by atoms with Crippen LogP contribution in [0.15, 0.2) is 49.0 Å². The second-order valence-electron chi connectivity index (χ2n) is 7.09. The largest absolute Gasteiger partial charge is 0.494 e. The molecule has 0 N–H and O–H groups in total. The molecule has 0 amide bonds. The van der Waals surface area contributed by atoms with Crippen molar-refractivity contribution in [2.75, 3.05) is 13.2 Å². The summed E-state index contributed by atoms with van der Waals surface area (Å²) in [5.41, 5.74) is 1.38. The van der Waals surface area contributed by atoms with Crippen molar-refractivity contribution in [1.82, 2.24) is 0 Å². The van der Waals surface area contributed by atoms with Crippen LogP contribution in [-0.4, -0.2) is 37.2 Å². The van der Waals surface area contributed by atoms with Gasteiger partial charge >= 0.3 is 24.0 Å². The summed E-state index contributed by atoms with van der Waals surface area (Å²) in [6, 6.07) is 10.8. The normalized spacial score (nSPS) is 12.4. The first-order chi connectivity index (χ1) is 15.3. The number of alkyl halides is 7. The van der Waals surface area contributed by atoms with Gasteiger partial charge in [0.15, 0.2) is 6.61 Å². The van der Waals surface area contributed by atoms with Gasteiger partial charge in [0.25, 0.3) is 0 Å². The molecule has 0 atom stereocenters. The van der Waals surface area contributed by atoms with Crippen molar-refractivity contribution in [3.8, 4) is 16.9 Å². The molecule has 10 heteroatoms. The Kier molecular flexibility index (Phi) is 8.16. The summed E-state index contributed by atoms with van der Waals surface area (Å²) in [7, 11) is 0. The van der Waals surface area contributed by atoms with Gasteiger partial charge in [-0.2, -0.15) is 30.7 Å². The average molecular weight is 478 g/mol. The number of hydrogen-bond acceptors (Lipinski definition) is 3. The van der Waals surface area contributed by atoms with Gasteiger partial charge in [0.2, 0.25) is 0 Å². The third-order valence-electron chi connectivity index (χ3n) is 4.64. The van der Waals surface area contributed by atoms with Gasteiger partial charge in [0.05, 0.1) is 12.2 Å². The summed E-state index contributed by atoms with van der Waals surface area (Å²) in [5.74, 6) is -12.8. The second-order valence-corrected chi connectivity index (χ2v) is 7.09. The molecule has 33 heavy (non-hydrogen) atoms. The minimum atomic E-state index is -6.50. The van der Waals surface area contributed by atoms with Crippen LogP contribution in [0, 0.1) is 0 Å². The number of rotatable bonds is 10. The summed E-state index contributed by atoms with van der Waals surface area (Å²) in [6.45, 7) is 3.77. The first-order valence-corrected chi connectivity index (χ1v) is 9.83. The topological polar surface area (TPSA) is 35.5 Å². The lowest BCUT2D eigenvalue weighted by molar-refractivity contribution is -0.359. The Balaban J connectivity index is 2.16. The zero-order chi connectivity index (χ0) is 24.9. The molecule has 3 nitrogen and oxygen atoms in total. The van der Waals surface area contributed by atoms with E-state index in [2.05, 4.69) is 11.3 Å². The van der Waals surface area contributed by atoms with Crippen LogP contribution in [0.25, 0.3) is 17.2 Å². The maximum absolute atomic E-state index is 13.4. The molecule has 0 saturated carbocycles. The number of unbranched alkanes of at least 4 members (excludes halogenated alkanes) is 1. The molecule has 0 bridgehead atoms. The Bertz CT molecular complexity index is 967. The third-order valence-corrected chi connectivity index (χ3v) is 4.64. The summed E-state index contributed by atoms with van der Waals surface area (Å²) < 4.78 is 98.8. The van der Waals surface area contributed by atoms with Crippen molar-refractivity contribution in [1.29, 1.82) is 0 Å². The van der Waals surface area contributed by atoms with E-state index in [4.69, 9.17) is 4.74 Å². The fourth-order valence-corrected chi connectivity index (χ4v) is 2.72. The van der Waals surface area contributed by atoms with E-state index in [1.54, 1.807) is 24.3 Å². The lowest BCUT2D eigenvalue weighted by Gasteiger charge is -2.27. The summed E-state index contributed by atoms with van der Waals surface area (Å²) in [4.78, 5) is 12.0. The van der Waals surface area contributed by atoms with Gasteiger partial charge in [-0.1, -0.05) is 44.2 Å². The van der Waals surface area contributed by atoms with Gasteiger partial charge in [-0.05, 0) is 47.4 Å². The number of carbonyl (C=O) groups is 1. The lowest BCUT2D eigenvalue weighted by atomic mass is 9.97. The Morgan fingerprint density at radius 2 is 1.64 bits per heavy atom. The molecule has 0 aliphatic carbocycles. The van der Waals surface area contributed by atoms with Gasteiger partial charge in [-0.25, -0.2) is 4.79 Å². The van der Waals surface area contributed by atoms with Crippen molar-refractivity contribution < 1.29 is 45.0 Å². The molecule has 0 heterocycles. The summed E-state index contributed by atoms with van der Waals surface area (Å²) in [6.07, 6.45) is -3.25. The fourth-order valence-electron chi connectivity index (χ4n) is 2.72. The van der Waals surface area contributed by atoms with Crippen molar-refractivity contribution >= 4 is 12.0 Å². The Hall–Kier alpha value is -3.04. The van der Waals surface area contributed by atoms with Crippen LogP contribution < -0.4 is 4.74 Å². The second kappa shape index (κ2) is 10.3. The molecule has 0 saturated heterocycles. The van der Waals surface area contributed by atoms with E-state index in [0.717, 1.165) is 12.8 Å². The maximum Gasteiger partial charge on any atom is 0.460 e. The minimum absolute atomic E-state index is 0.320. The van der Waals surface area contributed by atoms with Crippen molar-refractivity contribution in [2.45, 2.75) is 37.8 Å². The van der Waals surface area contributed by atoms with Crippen molar-refractivity contribution in [3.05, 3.63) is 60.2 Å². The quantitative estimate of drug-likeness (QED) is 0.206. The summed E-state index contributed by atoms with van der Waals surface area (Å²) in [5, 5.41) is 0. The van der Waals surface area contributed by atoms with Crippen LogP contribution in [0.3, 0.4) is 0 Å². The number of ether oxygens (including phenoxy) is 2. The van der Waals surface area contributed by atoms with E-state index >= 15 is 0 Å². The number of benzene rings is 2. The van der Waals surface area contributed by atoms with Gasteiger partial charge in [0.1, 0.15) is 5.75 Å². The van der Waals surface area contributed by atoms with Gasteiger partial charge in [0, 0.05) is 0 Å². The molecule has 2 rings (SSSR count). The third kappa shape index (κ3) is 6.06. The Labute approximate surface area is 185 Å². The fraction of sp³-hybridized carbons (Fsp3) is 0.348. The van der Waals surface area contributed by atoms with E-state index in [1.165, 1.54) is 24.3 Å². The lowest BCUT2D eigenvalue weighted by Crippen LogP contribution is -2.54. The first kappa shape index (κ1) is 26.2. The number of carbonyl (C=O) groups excluding carboxylic acids is 1. The number of halogens is 7. The van der Waals surface area contributed by atoms with Gasteiger partial charge in [-0.15, -0.1) is 0 Å².